The number of aldehydes is 1. The number of aromatic nitrogens is 3. The Morgan fingerprint density at radius 3 is 2.79 bits per heavy atom. The molecule has 0 aliphatic carbocycles. The van der Waals surface area contributed by atoms with Crippen molar-refractivity contribution in [2.75, 3.05) is 0 Å². The highest BCUT2D eigenvalue weighted by Gasteiger charge is 2.16. The van der Waals surface area contributed by atoms with Gasteiger partial charge >= 0.3 is 0 Å². The van der Waals surface area contributed by atoms with Crippen LogP contribution in [0, 0.1) is 0 Å². The summed E-state index contributed by atoms with van der Waals surface area (Å²) < 4.78 is 0. The molecule has 0 aliphatic heterocycles. The summed E-state index contributed by atoms with van der Waals surface area (Å²) in [5, 5.41) is 1.29. The zero-order chi connectivity index (χ0) is 13.4. The lowest BCUT2D eigenvalue weighted by Gasteiger charge is -2.02. The molecule has 0 radical (unpaired) electrons. The van der Waals surface area contributed by atoms with Gasteiger partial charge in [0.15, 0.2) is 6.29 Å². The summed E-state index contributed by atoms with van der Waals surface area (Å²) in [5.41, 5.74) is 2.35. The van der Waals surface area contributed by atoms with Crippen molar-refractivity contribution in [3.63, 3.8) is 0 Å². The quantitative estimate of drug-likeness (QED) is 0.578. The number of hydrogen-bond donors (Lipinski definition) is 1. The van der Waals surface area contributed by atoms with E-state index in [2.05, 4.69) is 15.0 Å². The van der Waals surface area contributed by atoms with Crippen LogP contribution in [0.4, 0.5) is 0 Å². The lowest BCUT2D eigenvalue weighted by atomic mass is 10.1. The minimum absolute atomic E-state index is 0.238. The maximum atomic E-state index is 11.3. The highest BCUT2D eigenvalue weighted by molar-refractivity contribution is 6.34. The number of nitrogens with zero attached hydrogens (tertiary/aromatic N) is 2. The summed E-state index contributed by atoms with van der Waals surface area (Å²) in [5.74, 6) is 0. The average molecular weight is 292 g/mol. The molecule has 3 aromatic rings. The van der Waals surface area contributed by atoms with E-state index in [1.807, 2.05) is 6.07 Å². The van der Waals surface area contributed by atoms with Gasteiger partial charge in [-0.25, -0.2) is 9.97 Å². The molecule has 3 aromatic heterocycles. The summed E-state index contributed by atoms with van der Waals surface area (Å²) >= 11 is 11.8. The Labute approximate surface area is 118 Å². The van der Waals surface area contributed by atoms with E-state index in [0.29, 0.717) is 27.6 Å². The number of aromatic amines is 1. The van der Waals surface area contributed by atoms with Crippen molar-refractivity contribution in [1.29, 1.82) is 0 Å². The third-order valence-electron chi connectivity index (χ3n) is 2.81. The zero-order valence-electron chi connectivity index (χ0n) is 9.52. The molecule has 4 nitrogen and oxygen atoms in total. The monoisotopic (exact) mass is 291 g/mol. The molecule has 1 N–H and O–H groups in total. The van der Waals surface area contributed by atoms with Gasteiger partial charge in [-0.15, -0.1) is 0 Å². The van der Waals surface area contributed by atoms with Gasteiger partial charge in [0.05, 0.1) is 5.69 Å². The lowest BCUT2D eigenvalue weighted by molar-refractivity contribution is 0.112. The van der Waals surface area contributed by atoms with Gasteiger partial charge in [0.1, 0.15) is 16.0 Å². The highest BCUT2D eigenvalue weighted by Crippen LogP contribution is 2.32. The predicted molar refractivity (Wildman–Crippen MR) is 74.7 cm³/mol. The second kappa shape index (κ2) is 4.64. The van der Waals surface area contributed by atoms with Gasteiger partial charge in [-0.05, 0) is 24.3 Å². The van der Waals surface area contributed by atoms with E-state index in [9.17, 15) is 4.79 Å². The molecule has 0 aromatic carbocycles. The van der Waals surface area contributed by atoms with Crippen LogP contribution in [-0.2, 0) is 0 Å². The SMILES string of the molecule is O=Cc1c(-c2ccc(Cl)nc2Cl)[nH]c2ncccc12. The Bertz CT molecular complexity index is 783. The third kappa shape index (κ3) is 1.99. The summed E-state index contributed by atoms with van der Waals surface area (Å²) in [6.45, 7) is 0. The van der Waals surface area contributed by atoms with E-state index in [4.69, 9.17) is 23.2 Å². The first-order valence-electron chi connectivity index (χ1n) is 5.45. The fourth-order valence-electron chi connectivity index (χ4n) is 1.98. The van der Waals surface area contributed by atoms with Crippen LogP contribution in [0.2, 0.25) is 10.3 Å². The lowest BCUT2D eigenvalue weighted by Crippen LogP contribution is -1.88. The molecule has 0 amide bonds. The molecule has 19 heavy (non-hydrogen) atoms. The van der Waals surface area contributed by atoms with Gasteiger partial charge in [-0.2, -0.15) is 0 Å². The number of H-pyrrole nitrogens is 1. The van der Waals surface area contributed by atoms with Crippen molar-refractivity contribution in [1.82, 2.24) is 15.0 Å². The standard InChI is InChI=1S/C13H7Cl2N3O/c14-10-4-3-8(12(15)17-10)11-9(6-19)7-2-1-5-16-13(7)18-11/h1-6H,(H,16,18). The second-order valence-corrected chi connectivity index (χ2v) is 4.65. The number of nitrogens with one attached hydrogen (secondary N) is 1. The maximum Gasteiger partial charge on any atom is 0.152 e. The van der Waals surface area contributed by atoms with Crippen molar-refractivity contribution in [3.8, 4) is 11.3 Å². The van der Waals surface area contributed by atoms with E-state index < -0.39 is 0 Å². The minimum Gasteiger partial charge on any atom is -0.339 e. The van der Waals surface area contributed by atoms with Gasteiger partial charge in [0.2, 0.25) is 0 Å². The number of carbonyl (C=O) groups is 1. The molecule has 94 valence electrons. The van der Waals surface area contributed by atoms with Gasteiger partial charge in [-0.1, -0.05) is 23.2 Å². The van der Waals surface area contributed by atoms with Gasteiger partial charge in [-0.3, -0.25) is 4.79 Å². The van der Waals surface area contributed by atoms with Gasteiger partial charge in [0.25, 0.3) is 0 Å². The van der Waals surface area contributed by atoms with Gasteiger partial charge in [0, 0.05) is 22.7 Å². The highest BCUT2D eigenvalue weighted by atomic mass is 35.5. The van der Waals surface area contributed by atoms with Crippen molar-refractivity contribution in [2.24, 2.45) is 0 Å². The summed E-state index contributed by atoms with van der Waals surface area (Å²) in [6, 6.07) is 6.93. The first kappa shape index (κ1) is 12.1. The molecule has 0 unspecified atom stereocenters. The van der Waals surface area contributed by atoms with Crippen molar-refractivity contribution < 1.29 is 4.79 Å². The normalized spacial score (nSPS) is 10.8. The van der Waals surface area contributed by atoms with E-state index >= 15 is 0 Å². The van der Waals surface area contributed by atoms with Crippen LogP contribution < -0.4 is 0 Å². The van der Waals surface area contributed by atoms with Crippen LogP contribution in [0.15, 0.2) is 30.5 Å². The zero-order valence-corrected chi connectivity index (χ0v) is 11.0. The first-order chi connectivity index (χ1) is 9.20. The molecule has 0 spiro atoms. The van der Waals surface area contributed by atoms with Crippen LogP contribution >= 0.6 is 23.2 Å². The van der Waals surface area contributed by atoms with Crippen LogP contribution in [0.1, 0.15) is 10.4 Å². The fourth-order valence-corrected chi connectivity index (χ4v) is 2.42. The summed E-state index contributed by atoms with van der Waals surface area (Å²) in [4.78, 5) is 22.5. The number of fused-ring (bicyclic) bond motifs is 1. The van der Waals surface area contributed by atoms with Crippen LogP contribution in [0.5, 0.6) is 0 Å². The molecule has 0 saturated heterocycles. The van der Waals surface area contributed by atoms with E-state index in [1.165, 1.54) is 0 Å². The first-order valence-corrected chi connectivity index (χ1v) is 6.20. The second-order valence-electron chi connectivity index (χ2n) is 3.90. The molecule has 3 rings (SSSR count). The number of hydrogen-bond acceptors (Lipinski definition) is 3. The third-order valence-corrected chi connectivity index (χ3v) is 3.31. The summed E-state index contributed by atoms with van der Waals surface area (Å²) in [7, 11) is 0. The Morgan fingerprint density at radius 2 is 2.05 bits per heavy atom. The number of halogens is 2. The van der Waals surface area contributed by atoms with E-state index in [1.54, 1.807) is 24.4 Å². The Balaban J connectivity index is 2.33. The summed E-state index contributed by atoms with van der Waals surface area (Å²) in [6.07, 6.45) is 2.43. The Hall–Kier alpha value is -1.91. The van der Waals surface area contributed by atoms with E-state index in [0.717, 1.165) is 11.7 Å². The van der Waals surface area contributed by atoms with Crippen molar-refractivity contribution in [3.05, 3.63) is 46.3 Å². The smallest absolute Gasteiger partial charge is 0.152 e. The molecule has 6 heteroatoms. The maximum absolute atomic E-state index is 11.3. The minimum atomic E-state index is 0.238. The van der Waals surface area contributed by atoms with Crippen molar-refractivity contribution >= 4 is 40.5 Å². The molecule has 0 atom stereocenters. The molecule has 0 aliphatic rings. The Kier molecular flexibility index (Phi) is 2.97. The fraction of sp³-hybridized carbons (Fsp3) is 0. The molecule has 0 fully saturated rings. The average Bonchev–Trinajstić information content (AvgIpc) is 2.76. The van der Waals surface area contributed by atoms with Crippen LogP contribution in [0.25, 0.3) is 22.3 Å². The number of pyridine rings is 2. The molecular weight excluding hydrogens is 285 g/mol. The van der Waals surface area contributed by atoms with Crippen molar-refractivity contribution in [2.45, 2.75) is 0 Å². The number of carbonyl (C=O) groups excluding carboxylic acids is 1. The largest absolute Gasteiger partial charge is 0.339 e. The molecular formula is C13H7Cl2N3O. The predicted octanol–water partition coefficient (Wildman–Crippen LogP) is 3.74. The van der Waals surface area contributed by atoms with Crippen LogP contribution in [0.3, 0.4) is 0 Å². The van der Waals surface area contributed by atoms with Crippen LogP contribution in [-0.4, -0.2) is 21.2 Å². The topological polar surface area (TPSA) is 58.6 Å². The Morgan fingerprint density at radius 1 is 1.21 bits per heavy atom. The molecule has 0 bridgehead atoms. The molecule has 0 saturated carbocycles. The van der Waals surface area contributed by atoms with E-state index in [-0.39, 0.29) is 5.15 Å². The number of rotatable bonds is 2. The van der Waals surface area contributed by atoms with Gasteiger partial charge < -0.3 is 4.98 Å². The molecule has 3 heterocycles.